The fraction of sp³-hybridized carbons (Fsp3) is 0.182. The van der Waals surface area contributed by atoms with Crippen LogP contribution in [0.15, 0.2) is 77.9 Å². The summed E-state index contributed by atoms with van der Waals surface area (Å²) >= 11 is 2.27. The second-order valence-electron chi connectivity index (χ2n) is 10.5. The fourth-order valence-electron chi connectivity index (χ4n) is 5.15. The number of benzene rings is 2. The number of carbonyl (C=O) groups excluding carboxylic acids is 1. The van der Waals surface area contributed by atoms with Gasteiger partial charge in [0.1, 0.15) is 5.56 Å². The molecular formula is C33H29IN8O2. The molecule has 6 rings (SSSR count). The van der Waals surface area contributed by atoms with Gasteiger partial charge in [-0.15, -0.1) is 5.10 Å². The first kappa shape index (κ1) is 29.1. The number of nitrogens with two attached hydrogens (primary N) is 1. The molecule has 0 saturated heterocycles. The number of hydrogen-bond acceptors (Lipinski definition) is 6. The van der Waals surface area contributed by atoms with Crippen molar-refractivity contribution in [1.82, 2.24) is 34.3 Å². The molecule has 220 valence electrons. The second-order valence-corrected chi connectivity index (χ2v) is 12.4. The van der Waals surface area contributed by atoms with Gasteiger partial charge in [-0.05, 0) is 56.5 Å². The third kappa shape index (κ3) is 5.22. The standard InChI is InChI=1S/C33H29IN8O2/c1-19(34)26-15-16-41-31(38-26)29(30(35)39-41)32(43)37-20(2)27-17-23-10-8-9-22(13-14-24-18-36-40(4)21(24)3)28(23)33(44)42(27)25-11-6-5-7-12-25/h5-12,15-20H,1-4H3,(H2,35,39)(H,37,43)/t19?,20-/m1/s1. The molecule has 2 atom stereocenters. The molecule has 6 aromatic rings. The van der Waals surface area contributed by atoms with Crippen LogP contribution >= 0.6 is 22.6 Å². The third-order valence-corrected chi connectivity index (χ3v) is 8.25. The first-order chi connectivity index (χ1) is 21.1. The van der Waals surface area contributed by atoms with Gasteiger partial charge < -0.3 is 11.1 Å². The zero-order valence-corrected chi connectivity index (χ0v) is 26.7. The number of halogens is 1. The summed E-state index contributed by atoms with van der Waals surface area (Å²) in [6.45, 7) is 5.80. The molecule has 10 nitrogen and oxygen atoms in total. The Morgan fingerprint density at radius 2 is 1.80 bits per heavy atom. The van der Waals surface area contributed by atoms with Gasteiger partial charge in [0.05, 0.1) is 38.5 Å². The number of rotatable bonds is 5. The second kappa shape index (κ2) is 11.6. The maximum absolute atomic E-state index is 14.3. The van der Waals surface area contributed by atoms with Gasteiger partial charge in [-0.2, -0.15) is 5.10 Å². The Morgan fingerprint density at radius 3 is 2.50 bits per heavy atom. The summed E-state index contributed by atoms with van der Waals surface area (Å²) in [5, 5.41) is 12.8. The zero-order valence-electron chi connectivity index (χ0n) is 24.5. The van der Waals surface area contributed by atoms with E-state index >= 15 is 0 Å². The van der Waals surface area contributed by atoms with E-state index in [1.54, 1.807) is 21.6 Å². The largest absolute Gasteiger partial charge is 0.381 e. The van der Waals surface area contributed by atoms with E-state index < -0.39 is 11.9 Å². The van der Waals surface area contributed by atoms with Gasteiger partial charge in [0.2, 0.25) is 0 Å². The molecule has 1 unspecified atom stereocenters. The molecule has 0 fully saturated rings. The average molecular weight is 697 g/mol. The first-order valence-corrected chi connectivity index (χ1v) is 15.2. The van der Waals surface area contributed by atoms with E-state index in [2.05, 4.69) is 54.9 Å². The lowest BCUT2D eigenvalue weighted by molar-refractivity contribution is 0.0941. The SMILES string of the molecule is Cc1c(C#Cc2cccc3cc([C@@H](C)NC(=O)c4c(N)nn5ccc(C(C)I)nc45)n(-c4ccccc4)c(=O)c23)cnn1C. The normalized spacial score (nSPS) is 12.6. The van der Waals surface area contributed by atoms with E-state index in [4.69, 9.17) is 5.73 Å². The van der Waals surface area contributed by atoms with Crippen LogP contribution in [0.4, 0.5) is 5.82 Å². The highest BCUT2D eigenvalue weighted by Gasteiger charge is 2.24. The maximum Gasteiger partial charge on any atom is 0.264 e. The molecule has 3 N–H and O–H groups in total. The Kier molecular flexibility index (Phi) is 7.69. The van der Waals surface area contributed by atoms with Crippen molar-refractivity contribution >= 4 is 50.7 Å². The molecule has 1 amide bonds. The molecule has 2 aromatic carbocycles. The molecule has 0 aliphatic rings. The molecule has 44 heavy (non-hydrogen) atoms. The van der Waals surface area contributed by atoms with E-state index in [-0.39, 0.29) is 20.9 Å². The zero-order chi connectivity index (χ0) is 31.1. The summed E-state index contributed by atoms with van der Waals surface area (Å²) in [5.41, 5.74) is 10.9. The summed E-state index contributed by atoms with van der Waals surface area (Å²) in [6.07, 6.45) is 3.46. The highest BCUT2D eigenvalue weighted by atomic mass is 127. The molecule has 0 aliphatic carbocycles. The van der Waals surface area contributed by atoms with Crippen LogP contribution in [0.1, 0.15) is 62.4 Å². The van der Waals surface area contributed by atoms with Crippen LogP contribution in [0.25, 0.3) is 22.1 Å². The van der Waals surface area contributed by atoms with E-state index in [9.17, 15) is 9.59 Å². The van der Waals surface area contributed by atoms with Crippen molar-refractivity contribution in [2.24, 2.45) is 7.05 Å². The Bertz CT molecular complexity index is 2180. The number of aryl methyl sites for hydroxylation is 1. The predicted octanol–water partition coefficient (Wildman–Crippen LogP) is 5.04. The maximum atomic E-state index is 14.3. The molecule has 4 heterocycles. The molecule has 0 aliphatic heterocycles. The summed E-state index contributed by atoms with van der Waals surface area (Å²) in [7, 11) is 1.86. The minimum absolute atomic E-state index is 0.0755. The number of aromatic nitrogens is 6. The number of fused-ring (bicyclic) bond motifs is 2. The van der Waals surface area contributed by atoms with Crippen molar-refractivity contribution in [1.29, 1.82) is 0 Å². The quantitative estimate of drug-likeness (QED) is 0.148. The average Bonchev–Trinajstić information content (AvgIpc) is 3.52. The lowest BCUT2D eigenvalue weighted by atomic mass is 10.0. The Labute approximate surface area is 267 Å². The van der Waals surface area contributed by atoms with Gasteiger partial charge in [-0.1, -0.05) is 64.8 Å². The monoisotopic (exact) mass is 696 g/mol. The van der Waals surface area contributed by atoms with Crippen molar-refractivity contribution in [2.45, 2.75) is 30.7 Å². The van der Waals surface area contributed by atoms with Crippen LogP contribution in [0.3, 0.4) is 0 Å². The number of nitrogen functional groups attached to an aromatic ring is 1. The van der Waals surface area contributed by atoms with Crippen LogP contribution in [-0.4, -0.2) is 34.9 Å². The number of amides is 1. The smallest absolute Gasteiger partial charge is 0.264 e. The van der Waals surface area contributed by atoms with Crippen molar-refractivity contribution < 1.29 is 4.79 Å². The topological polar surface area (TPSA) is 125 Å². The summed E-state index contributed by atoms with van der Waals surface area (Å²) < 4.78 is 5.02. The molecule has 0 saturated carbocycles. The highest BCUT2D eigenvalue weighted by Crippen LogP contribution is 2.26. The van der Waals surface area contributed by atoms with Crippen molar-refractivity contribution in [2.75, 3.05) is 5.73 Å². The van der Waals surface area contributed by atoms with Gasteiger partial charge >= 0.3 is 0 Å². The Balaban J connectivity index is 1.46. The summed E-state index contributed by atoms with van der Waals surface area (Å²) in [6, 6.07) is 18.1. The number of para-hydroxylation sites is 1. The van der Waals surface area contributed by atoms with Crippen molar-refractivity contribution in [3.63, 3.8) is 0 Å². The summed E-state index contributed by atoms with van der Waals surface area (Å²) in [5.74, 6) is 6.01. The lowest BCUT2D eigenvalue weighted by Gasteiger charge is -2.21. The first-order valence-electron chi connectivity index (χ1n) is 14.0. The minimum atomic E-state index is -0.589. The van der Waals surface area contributed by atoms with Gasteiger partial charge in [-0.3, -0.25) is 18.8 Å². The van der Waals surface area contributed by atoms with Crippen LogP contribution in [0, 0.1) is 18.8 Å². The van der Waals surface area contributed by atoms with E-state index in [1.807, 2.05) is 88.5 Å². The molecular weight excluding hydrogens is 667 g/mol. The van der Waals surface area contributed by atoms with Crippen LogP contribution in [-0.2, 0) is 7.05 Å². The Hall–Kier alpha value is -4.96. The fourth-order valence-corrected chi connectivity index (χ4v) is 5.49. The van der Waals surface area contributed by atoms with Crippen LogP contribution in [0.5, 0.6) is 0 Å². The number of nitrogens with one attached hydrogen (secondary N) is 1. The van der Waals surface area contributed by atoms with Crippen molar-refractivity contribution in [3.05, 3.63) is 117 Å². The molecule has 11 heteroatoms. The summed E-state index contributed by atoms with van der Waals surface area (Å²) in [4.78, 5) is 32.7. The molecule has 0 bridgehead atoms. The van der Waals surface area contributed by atoms with Gasteiger partial charge in [0, 0.05) is 30.2 Å². The number of alkyl halides is 1. The number of anilines is 1. The molecule has 0 spiro atoms. The van der Waals surface area contributed by atoms with Crippen LogP contribution in [0.2, 0.25) is 0 Å². The van der Waals surface area contributed by atoms with E-state index in [1.165, 1.54) is 4.52 Å². The molecule has 0 radical (unpaired) electrons. The predicted molar refractivity (Wildman–Crippen MR) is 179 cm³/mol. The van der Waals surface area contributed by atoms with Gasteiger partial charge in [0.15, 0.2) is 11.5 Å². The highest BCUT2D eigenvalue weighted by molar-refractivity contribution is 14.1. The number of hydrogen-bond donors (Lipinski definition) is 2. The Morgan fingerprint density at radius 1 is 1.05 bits per heavy atom. The third-order valence-electron chi connectivity index (χ3n) is 7.62. The van der Waals surface area contributed by atoms with Crippen molar-refractivity contribution in [3.8, 4) is 17.5 Å². The van der Waals surface area contributed by atoms with Crippen LogP contribution < -0.4 is 16.6 Å². The van der Waals surface area contributed by atoms with Gasteiger partial charge in [0.25, 0.3) is 11.5 Å². The number of nitrogens with zero attached hydrogens (tertiary/aromatic N) is 6. The number of pyridine rings is 1. The molecule has 4 aromatic heterocycles. The van der Waals surface area contributed by atoms with E-state index in [0.29, 0.717) is 33.4 Å². The van der Waals surface area contributed by atoms with E-state index in [0.717, 1.165) is 17.0 Å². The minimum Gasteiger partial charge on any atom is -0.381 e. The lowest BCUT2D eigenvalue weighted by Crippen LogP contribution is -2.32. The van der Waals surface area contributed by atoms with Gasteiger partial charge in [-0.25, -0.2) is 9.50 Å². The number of carbonyl (C=O) groups is 1.